The highest BCUT2D eigenvalue weighted by molar-refractivity contribution is 5.73. The molecule has 2 rings (SSSR count). The van der Waals surface area contributed by atoms with Crippen molar-refractivity contribution in [3.63, 3.8) is 0 Å². The number of aryl methyl sites for hydroxylation is 1. The molecule has 1 aliphatic rings. The van der Waals surface area contributed by atoms with Gasteiger partial charge in [0.1, 0.15) is 0 Å². The van der Waals surface area contributed by atoms with Gasteiger partial charge < -0.3 is 15.7 Å². The van der Waals surface area contributed by atoms with Gasteiger partial charge in [-0.1, -0.05) is 0 Å². The van der Waals surface area contributed by atoms with Crippen molar-refractivity contribution in [2.24, 2.45) is 7.05 Å². The summed E-state index contributed by atoms with van der Waals surface area (Å²) in [4.78, 5) is 8.90. The summed E-state index contributed by atoms with van der Waals surface area (Å²) in [6, 6.07) is 0.568. The lowest BCUT2D eigenvalue weighted by Gasteiger charge is -2.23. The molecule has 0 aliphatic carbocycles. The Kier molecular flexibility index (Phi) is 5.81. The van der Waals surface area contributed by atoms with Gasteiger partial charge in [-0.25, -0.2) is 4.79 Å². The normalized spacial score (nSPS) is 18.9. The molecule has 9 heteroatoms. The van der Waals surface area contributed by atoms with Gasteiger partial charge in [-0.2, -0.15) is 18.3 Å². The Labute approximate surface area is 114 Å². The molecule has 3 N–H and O–H groups in total. The van der Waals surface area contributed by atoms with Crippen LogP contribution < -0.4 is 10.6 Å². The van der Waals surface area contributed by atoms with E-state index in [1.54, 1.807) is 0 Å². The zero-order valence-corrected chi connectivity index (χ0v) is 10.9. The molecule has 6 nitrogen and oxygen atoms in total. The number of aliphatic carboxylic acids is 1. The summed E-state index contributed by atoms with van der Waals surface area (Å²) >= 11 is 0. The zero-order valence-electron chi connectivity index (χ0n) is 10.9. The highest BCUT2D eigenvalue weighted by Crippen LogP contribution is 2.13. The van der Waals surface area contributed by atoms with Crippen LogP contribution >= 0.6 is 0 Å². The van der Waals surface area contributed by atoms with Crippen molar-refractivity contribution < 1.29 is 23.1 Å². The predicted molar refractivity (Wildman–Crippen MR) is 66.4 cm³/mol. The molecule has 1 aromatic heterocycles. The largest absolute Gasteiger partial charge is 0.490 e. The van der Waals surface area contributed by atoms with Crippen LogP contribution in [-0.2, 0) is 11.8 Å². The van der Waals surface area contributed by atoms with Crippen LogP contribution in [0.25, 0.3) is 0 Å². The third kappa shape index (κ3) is 5.91. The summed E-state index contributed by atoms with van der Waals surface area (Å²) < 4.78 is 33.6. The van der Waals surface area contributed by atoms with Crippen molar-refractivity contribution in [2.75, 3.05) is 18.4 Å². The van der Waals surface area contributed by atoms with Crippen molar-refractivity contribution in [3.8, 4) is 0 Å². The van der Waals surface area contributed by atoms with E-state index in [9.17, 15) is 13.2 Å². The number of halogens is 3. The van der Waals surface area contributed by atoms with E-state index in [1.807, 2.05) is 24.1 Å². The van der Waals surface area contributed by atoms with Gasteiger partial charge in [-0.05, 0) is 19.4 Å². The lowest BCUT2D eigenvalue weighted by molar-refractivity contribution is -0.192. The Morgan fingerprint density at radius 2 is 2.25 bits per heavy atom. The molecule has 1 unspecified atom stereocenters. The van der Waals surface area contributed by atoms with Gasteiger partial charge in [0.2, 0.25) is 0 Å². The van der Waals surface area contributed by atoms with Gasteiger partial charge in [0.05, 0.1) is 11.9 Å². The van der Waals surface area contributed by atoms with Crippen LogP contribution in [0.15, 0.2) is 12.4 Å². The molecule has 1 atom stereocenters. The number of nitrogens with zero attached hydrogens (tertiary/aromatic N) is 2. The van der Waals surface area contributed by atoms with Gasteiger partial charge >= 0.3 is 12.1 Å². The number of hydrogen-bond donors (Lipinski definition) is 3. The molecule has 0 saturated carbocycles. The van der Waals surface area contributed by atoms with Crippen LogP contribution in [0.1, 0.15) is 12.8 Å². The van der Waals surface area contributed by atoms with Crippen molar-refractivity contribution in [1.82, 2.24) is 15.1 Å². The van der Waals surface area contributed by atoms with Gasteiger partial charge in [-0.3, -0.25) is 4.68 Å². The fourth-order valence-electron chi connectivity index (χ4n) is 1.71. The monoisotopic (exact) mass is 294 g/mol. The molecule has 1 aliphatic heterocycles. The van der Waals surface area contributed by atoms with Crippen molar-refractivity contribution in [2.45, 2.75) is 25.1 Å². The molecule has 1 aromatic rings. The number of carboxylic acid groups (broad SMARTS) is 1. The van der Waals surface area contributed by atoms with Gasteiger partial charge in [0.25, 0.3) is 0 Å². The molecular weight excluding hydrogens is 277 g/mol. The van der Waals surface area contributed by atoms with Crippen LogP contribution in [0.3, 0.4) is 0 Å². The molecule has 2 heterocycles. The van der Waals surface area contributed by atoms with Crippen LogP contribution in [0.2, 0.25) is 0 Å². The first-order valence-electron chi connectivity index (χ1n) is 6.05. The smallest absolute Gasteiger partial charge is 0.475 e. The first-order chi connectivity index (χ1) is 9.29. The maximum Gasteiger partial charge on any atom is 0.490 e. The molecule has 0 radical (unpaired) electrons. The number of alkyl halides is 3. The molecule has 114 valence electrons. The van der Waals surface area contributed by atoms with Crippen LogP contribution in [0.5, 0.6) is 0 Å². The minimum atomic E-state index is -5.08. The molecule has 0 bridgehead atoms. The molecule has 1 saturated heterocycles. The summed E-state index contributed by atoms with van der Waals surface area (Å²) in [6.45, 7) is 2.22. The molecule has 0 spiro atoms. The van der Waals surface area contributed by atoms with Gasteiger partial charge in [0.15, 0.2) is 0 Å². The van der Waals surface area contributed by atoms with Crippen molar-refractivity contribution in [3.05, 3.63) is 12.4 Å². The predicted octanol–water partition coefficient (Wildman–Crippen LogP) is 1.22. The lowest BCUT2D eigenvalue weighted by Crippen LogP contribution is -2.38. The summed E-state index contributed by atoms with van der Waals surface area (Å²) in [5.41, 5.74) is 1.12. The second kappa shape index (κ2) is 7.13. The van der Waals surface area contributed by atoms with E-state index >= 15 is 0 Å². The first kappa shape index (κ1) is 16.3. The molecule has 0 amide bonds. The minimum absolute atomic E-state index is 0.568. The van der Waals surface area contributed by atoms with Gasteiger partial charge in [-0.15, -0.1) is 0 Å². The molecule has 20 heavy (non-hydrogen) atoms. The Hall–Kier alpha value is -1.77. The first-order valence-corrected chi connectivity index (χ1v) is 6.05. The summed E-state index contributed by atoms with van der Waals surface area (Å²) in [7, 11) is 1.93. The van der Waals surface area contributed by atoms with Crippen molar-refractivity contribution >= 4 is 11.7 Å². The number of piperidine rings is 1. The molecule has 1 fully saturated rings. The van der Waals surface area contributed by atoms with Crippen LogP contribution in [-0.4, -0.2) is 46.2 Å². The van der Waals surface area contributed by atoms with E-state index < -0.39 is 12.1 Å². The minimum Gasteiger partial charge on any atom is -0.475 e. The summed E-state index contributed by atoms with van der Waals surface area (Å²) in [6.07, 6.45) is 1.31. The number of carboxylic acids is 1. The van der Waals surface area contributed by atoms with E-state index in [4.69, 9.17) is 9.90 Å². The third-order valence-corrected chi connectivity index (χ3v) is 2.62. The van der Waals surface area contributed by atoms with Crippen LogP contribution in [0, 0.1) is 0 Å². The number of hydrogen-bond acceptors (Lipinski definition) is 4. The Morgan fingerprint density at radius 3 is 2.65 bits per heavy atom. The fraction of sp³-hybridized carbons (Fsp3) is 0.636. The Morgan fingerprint density at radius 1 is 1.60 bits per heavy atom. The maximum absolute atomic E-state index is 10.6. The number of anilines is 1. The Balaban J connectivity index is 0.000000246. The zero-order chi connectivity index (χ0) is 15.2. The summed E-state index contributed by atoms with van der Waals surface area (Å²) in [5, 5.41) is 18.1. The topological polar surface area (TPSA) is 79.2 Å². The Bertz CT molecular complexity index is 428. The number of carbonyl (C=O) groups is 1. The van der Waals surface area contributed by atoms with E-state index in [1.165, 1.54) is 12.8 Å². The second-order valence-electron chi connectivity index (χ2n) is 4.39. The quantitative estimate of drug-likeness (QED) is 0.764. The van der Waals surface area contributed by atoms with E-state index in [0.717, 1.165) is 18.8 Å². The maximum atomic E-state index is 10.6. The number of nitrogens with one attached hydrogen (secondary N) is 2. The van der Waals surface area contributed by atoms with E-state index in [0.29, 0.717) is 6.04 Å². The second-order valence-corrected chi connectivity index (χ2v) is 4.39. The highest BCUT2D eigenvalue weighted by atomic mass is 19.4. The fourth-order valence-corrected chi connectivity index (χ4v) is 1.71. The van der Waals surface area contributed by atoms with E-state index in [2.05, 4.69) is 15.7 Å². The third-order valence-electron chi connectivity index (χ3n) is 2.62. The SMILES string of the molecule is Cn1cc(NC2CCCNC2)cn1.O=C(O)C(F)(F)F. The van der Waals surface area contributed by atoms with Gasteiger partial charge in [0, 0.05) is 25.8 Å². The molecular formula is C11H17F3N4O2. The lowest BCUT2D eigenvalue weighted by atomic mass is 10.1. The molecule has 0 aromatic carbocycles. The average molecular weight is 294 g/mol. The average Bonchev–Trinajstić information content (AvgIpc) is 2.75. The van der Waals surface area contributed by atoms with E-state index in [-0.39, 0.29) is 0 Å². The standard InChI is InChI=1S/C9H16N4.C2HF3O2/c1-13-7-9(6-11-13)12-8-3-2-4-10-5-8;3-2(4,5)1(6)7/h6-8,10,12H,2-5H2,1H3;(H,6,7). The van der Waals surface area contributed by atoms with Crippen LogP contribution in [0.4, 0.5) is 18.9 Å². The highest BCUT2D eigenvalue weighted by Gasteiger charge is 2.38. The number of rotatable bonds is 2. The van der Waals surface area contributed by atoms with Crippen molar-refractivity contribution in [1.29, 1.82) is 0 Å². The summed E-state index contributed by atoms with van der Waals surface area (Å²) in [5.74, 6) is -2.76. The number of aromatic nitrogens is 2.